The third-order valence-electron chi connectivity index (χ3n) is 7.50. The van der Waals surface area contributed by atoms with Crippen molar-refractivity contribution in [3.8, 4) is 0 Å². The van der Waals surface area contributed by atoms with Crippen LogP contribution in [0.5, 0.6) is 0 Å². The van der Waals surface area contributed by atoms with Gasteiger partial charge in [0.05, 0.1) is 0 Å². The SMILES string of the molecule is C=C1C(C)=C(C)C(=O)C(C)=C1CCC(C)(C)CC/C=C(\C)CC/C=C(\C)CC/C=C(\C)CC. The molecule has 0 bridgehead atoms. The van der Waals surface area contributed by atoms with Gasteiger partial charge < -0.3 is 0 Å². The lowest BCUT2D eigenvalue weighted by atomic mass is 9.77. The average molecular weight is 451 g/mol. The summed E-state index contributed by atoms with van der Waals surface area (Å²) in [5, 5.41) is 0. The number of allylic oxidation sites excluding steroid dienone is 11. The fraction of sp³-hybridized carbons (Fsp3) is 0.594. The molecule has 184 valence electrons. The Kier molecular flexibility index (Phi) is 12.1. The van der Waals surface area contributed by atoms with Crippen molar-refractivity contribution in [1.29, 1.82) is 0 Å². The fourth-order valence-corrected chi connectivity index (χ4v) is 4.34. The predicted octanol–water partition coefficient (Wildman–Crippen LogP) is 10.2. The molecule has 0 aromatic heterocycles. The first-order valence-corrected chi connectivity index (χ1v) is 13.0. The minimum absolute atomic E-state index is 0.197. The van der Waals surface area contributed by atoms with E-state index >= 15 is 0 Å². The maximum Gasteiger partial charge on any atom is 0.185 e. The van der Waals surface area contributed by atoms with Gasteiger partial charge in [0, 0.05) is 11.1 Å². The van der Waals surface area contributed by atoms with Crippen molar-refractivity contribution in [3.63, 3.8) is 0 Å². The summed E-state index contributed by atoms with van der Waals surface area (Å²) in [6.45, 7) is 23.9. The van der Waals surface area contributed by atoms with Crippen molar-refractivity contribution < 1.29 is 4.79 Å². The van der Waals surface area contributed by atoms with Crippen molar-refractivity contribution >= 4 is 5.78 Å². The van der Waals surface area contributed by atoms with E-state index in [0.717, 1.165) is 60.8 Å². The Bertz CT molecular complexity index is 864. The molecule has 1 aliphatic rings. The third kappa shape index (κ3) is 9.86. The lowest BCUT2D eigenvalue weighted by Gasteiger charge is -2.28. The fourth-order valence-electron chi connectivity index (χ4n) is 4.34. The molecule has 0 spiro atoms. The zero-order chi connectivity index (χ0) is 25.2. The van der Waals surface area contributed by atoms with Crippen LogP contribution >= 0.6 is 0 Å². The summed E-state index contributed by atoms with van der Waals surface area (Å²) in [4.78, 5) is 12.5. The highest BCUT2D eigenvalue weighted by Crippen LogP contribution is 2.37. The second-order valence-electron chi connectivity index (χ2n) is 10.9. The molecule has 0 saturated heterocycles. The smallest absolute Gasteiger partial charge is 0.185 e. The predicted molar refractivity (Wildman–Crippen MR) is 147 cm³/mol. The molecule has 0 atom stereocenters. The molecule has 0 aromatic carbocycles. The van der Waals surface area contributed by atoms with E-state index in [0.29, 0.717) is 0 Å². The van der Waals surface area contributed by atoms with Crippen LogP contribution in [0, 0.1) is 5.41 Å². The standard InChI is InChI=1S/C32H50O/c1-11-23(2)15-12-16-24(3)17-13-18-25(4)19-14-21-32(9,10)22-20-30-27(6)26(5)28(7)31(33)29(30)8/h15,17,19H,6,11-14,16,18,20-22H2,1-5,7-10H3/b23-15+,24-17+,25-19+. The van der Waals surface area contributed by atoms with Gasteiger partial charge in [-0.2, -0.15) is 0 Å². The Labute approximate surface area is 205 Å². The third-order valence-corrected chi connectivity index (χ3v) is 7.50. The number of hydrogen-bond acceptors (Lipinski definition) is 1. The Hall–Kier alpha value is -1.89. The van der Waals surface area contributed by atoms with Crippen molar-refractivity contribution in [2.24, 2.45) is 5.41 Å². The van der Waals surface area contributed by atoms with Gasteiger partial charge in [-0.1, -0.05) is 62.3 Å². The van der Waals surface area contributed by atoms with Crippen LogP contribution in [-0.4, -0.2) is 5.78 Å². The van der Waals surface area contributed by atoms with Crippen molar-refractivity contribution in [3.05, 3.63) is 69.4 Å². The summed E-state index contributed by atoms with van der Waals surface area (Å²) in [6, 6.07) is 0. The lowest BCUT2D eigenvalue weighted by molar-refractivity contribution is -0.112. The van der Waals surface area contributed by atoms with E-state index in [4.69, 9.17) is 0 Å². The number of hydrogen-bond donors (Lipinski definition) is 0. The summed E-state index contributed by atoms with van der Waals surface area (Å²) in [7, 11) is 0. The first-order chi connectivity index (χ1) is 15.4. The highest BCUT2D eigenvalue weighted by Gasteiger charge is 2.25. The average Bonchev–Trinajstić information content (AvgIpc) is 2.76. The Morgan fingerprint density at radius 1 is 0.788 bits per heavy atom. The van der Waals surface area contributed by atoms with E-state index in [1.165, 1.54) is 41.6 Å². The van der Waals surface area contributed by atoms with Gasteiger partial charge in [-0.25, -0.2) is 0 Å². The van der Waals surface area contributed by atoms with Crippen LogP contribution in [0.4, 0.5) is 0 Å². The largest absolute Gasteiger partial charge is 0.289 e. The van der Waals surface area contributed by atoms with Gasteiger partial charge in [0.15, 0.2) is 5.78 Å². The molecule has 0 aromatic rings. The molecule has 1 nitrogen and oxygen atoms in total. The second-order valence-corrected chi connectivity index (χ2v) is 10.9. The molecule has 1 aliphatic carbocycles. The summed E-state index contributed by atoms with van der Waals surface area (Å²) in [6.07, 6.45) is 17.3. The molecular formula is C32H50O. The van der Waals surface area contributed by atoms with Gasteiger partial charge in [0.2, 0.25) is 0 Å². The molecule has 1 heteroatoms. The topological polar surface area (TPSA) is 17.1 Å². The van der Waals surface area contributed by atoms with E-state index in [-0.39, 0.29) is 11.2 Å². The molecule has 0 saturated carbocycles. The minimum Gasteiger partial charge on any atom is -0.289 e. The van der Waals surface area contributed by atoms with E-state index in [9.17, 15) is 4.79 Å². The monoisotopic (exact) mass is 450 g/mol. The molecule has 0 unspecified atom stereocenters. The molecule has 0 radical (unpaired) electrons. The zero-order valence-electron chi connectivity index (χ0n) is 23.2. The molecule has 0 amide bonds. The number of rotatable bonds is 13. The highest BCUT2D eigenvalue weighted by atomic mass is 16.1. The van der Waals surface area contributed by atoms with Crippen LogP contribution in [0.2, 0.25) is 0 Å². The van der Waals surface area contributed by atoms with Crippen LogP contribution in [0.15, 0.2) is 69.4 Å². The van der Waals surface area contributed by atoms with Gasteiger partial charge in [-0.15, -0.1) is 0 Å². The van der Waals surface area contributed by atoms with Gasteiger partial charge in [0.1, 0.15) is 0 Å². The van der Waals surface area contributed by atoms with Crippen LogP contribution in [0.3, 0.4) is 0 Å². The number of carbonyl (C=O) groups excluding carboxylic acids is 1. The summed E-state index contributed by atoms with van der Waals surface area (Å²) >= 11 is 0. The van der Waals surface area contributed by atoms with E-state index in [1.807, 2.05) is 20.8 Å². The Balaban J connectivity index is 2.47. The van der Waals surface area contributed by atoms with Crippen LogP contribution < -0.4 is 0 Å². The highest BCUT2D eigenvalue weighted by molar-refractivity contribution is 6.11. The summed E-state index contributed by atoms with van der Waals surface area (Å²) < 4.78 is 0. The maximum atomic E-state index is 12.5. The minimum atomic E-state index is 0.197. The second kappa shape index (κ2) is 13.7. The molecule has 0 heterocycles. The molecule has 0 fully saturated rings. The molecule has 33 heavy (non-hydrogen) atoms. The van der Waals surface area contributed by atoms with Gasteiger partial charge in [-0.3, -0.25) is 4.79 Å². The van der Waals surface area contributed by atoms with Crippen LogP contribution in [-0.2, 0) is 4.79 Å². The quantitative estimate of drug-likeness (QED) is 0.255. The van der Waals surface area contributed by atoms with Gasteiger partial charge in [0.25, 0.3) is 0 Å². The Morgan fingerprint density at radius 2 is 1.30 bits per heavy atom. The lowest BCUT2D eigenvalue weighted by Crippen LogP contribution is -2.17. The normalized spacial score (nSPS) is 16.9. The Morgan fingerprint density at radius 3 is 1.85 bits per heavy atom. The summed E-state index contributed by atoms with van der Waals surface area (Å²) in [5.41, 5.74) is 9.81. The van der Waals surface area contributed by atoms with E-state index in [1.54, 1.807) is 0 Å². The van der Waals surface area contributed by atoms with Crippen molar-refractivity contribution in [2.75, 3.05) is 0 Å². The first kappa shape index (κ1) is 29.1. The molecule has 0 N–H and O–H groups in total. The number of carbonyl (C=O) groups is 1. The number of Topliss-reactive ketones (excluding diaryl/α,β-unsaturated/α-hetero) is 1. The van der Waals surface area contributed by atoms with E-state index in [2.05, 4.69) is 66.3 Å². The zero-order valence-corrected chi connectivity index (χ0v) is 23.2. The van der Waals surface area contributed by atoms with Crippen LogP contribution in [0.1, 0.15) is 120 Å². The maximum absolute atomic E-state index is 12.5. The molecule has 1 rings (SSSR count). The number of ketones is 1. The molecular weight excluding hydrogens is 400 g/mol. The van der Waals surface area contributed by atoms with Crippen LogP contribution in [0.25, 0.3) is 0 Å². The first-order valence-electron chi connectivity index (χ1n) is 13.0. The summed E-state index contributed by atoms with van der Waals surface area (Å²) in [5.74, 6) is 0.197. The van der Waals surface area contributed by atoms with Crippen molar-refractivity contribution in [2.45, 2.75) is 120 Å². The van der Waals surface area contributed by atoms with Gasteiger partial charge >= 0.3 is 0 Å². The van der Waals surface area contributed by atoms with E-state index < -0.39 is 0 Å². The molecule has 0 aliphatic heterocycles. The van der Waals surface area contributed by atoms with Gasteiger partial charge in [-0.05, 0) is 121 Å². The van der Waals surface area contributed by atoms with Crippen molar-refractivity contribution in [1.82, 2.24) is 0 Å².